The van der Waals surface area contributed by atoms with Gasteiger partial charge in [0.25, 0.3) is 0 Å². The Labute approximate surface area is 116 Å². The van der Waals surface area contributed by atoms with E-state index < -0.39 is 20.4 Å². The highest BCUT2D eigenvalue weighted by atomic mass is 28.4. The molecule has 2 fully saturated rings. The lowest BCUT2D eigenvalue weighted by molar-refractivity contribution is -0.260. The van der Waals surface area contributed by atoms with Crippen LogP contribution in [0.2, 0.25) is 19.6 Å². The molecule has 19 heavy (non-hydrogen) atoms. The minimum Gasteiger partial charge on any atom is -0.409 e. The summed E-state index contributed by atoms with van der Waals surface area (Å²) in [5.41, 5.74) is 0. The first-order valence-corrected chi connectivity index (χ1v) is 10.3. The molecule has 6 heteroatoms. The van der Waals surface area contributed by atoms with Crippen LogP contribution in [0.1, 0.15) is 20.8 Å². The zero-order chi connectivity index (χ0) is 14.4. The Morgan fingerprint density at radius 1 is 1.05 bits per heavy atom. The fourth-order valence-electron chi connectivity index (χ4n) is 2.68. The second-order valence-electron chi connectivity index (χ2n) is 6.70. The van der Waals surface area contributed by atoms with Crippen LogP contribution in [0.25, 0.3) is 0 Å². The van der Waals surface area contributed by atoms with Crippen LogP contribution < -0.4 is 0 Å². The topological polar surface area (TPSA) is 46.2 Å². The van der Waals surface area contributed by atoms with Crippen molar-refractivity contribution in [2.75, 3.05) is 7.11 Å². The molecule has 0 spiro atoms. The first kappa shape index (κ1) is 15.4. The Kier molecular flexibility index (Phi) is 4.13. The average molecular weight is 290 g/mol. The van der Waals surface area contributed by atoms with E-state index in [1.54, 1.807) is 7.11 Å². The molecular formula is C13H26O5Si. The van der Waals surface area contributed by atoms with Crippen molar-refractivity contribution in [3.63, 3.8) is 0 Å². The molecule has 2 aliphatic heterocycles. The molecule has 0 radical (unpaired) electrons. The maximum atomic E-state index is 6.24. The van der Waals surface area contributed by atoms with Crippen molar-refractivity contribution >= 4 is 8.32 Å². The highest BCUT2D eigenvalue weighted by Gasteiger charge is 2.55. The Bertz CT molecular complexity index is 327. The van der Waals surface area contributed by atoms with Crippen LogP contribution in [0.5, 0.6) is 0 Å². The van der Waals surface area contributed by atoms with Gasteiger partial charge in [-0.2, -0.15) is 0 Å². The van der Waals surface area contributed by atoms with Crippen LogP contribution in [0, 0.1) is 0 Å². The summed E-state index contributed by atoms with van der Waals surface area (Å²) >= 11 is 0. The number of methoxy groups -OCH3 is 1. The average Bonchev–Trinajstić information content (AvgIpc) is 2.56. The Morgan fingerprint density at radius 2 is 1.63 bits per heavy atom. The number of hydrogen-bond acceptors (Lipinski definition) is 5. The van der Waals surface area contributed by atoms with Crippen LogP contribution in [-0.2, 0) is 23.4 Å². The summed E-state index contributed by atoms with van der Waals surface area (Å²) < 4.78 is 29.4. The molecule has 2 saturated heterocycles. The van der Waals surface area contributed by atoms with E-state index in [1.165, 1.54) is 0 Å². The molecule has 112 valence electrons. The van der Waals surface area contributed by atoms with E-state index in [-0.39, 0.29) is 24.4 Å². The first-order chi connectivity index (χ1) is 8.63. The second-order valence-corrected chi connectivity index (χ2v) is 11.2. The predicted molar refractivity (Wildman–Crippen MR) is 73.4 cm³/mol. The maximum absolute atomic E-state index is 6.24. The highest BCUT2D eigenvalue weighted by Crippen LogP contribution is 2.39. The van der Waals surface area contributed by atoms with Gasteiger partial charge >= 0.3 is 0 Å². The van der Waals surface area contributed by atoms with Crippen molar-refractivity contribution in [3.8, 4) is 0 Å². The molecule has 0 N–H and O–H groups in total. The second kappa shape index (κ2) is 5.09. The van der Waals surface area contributed by atoms with E-state index in [9.17, 15) is 0 Å². The van der Waals surface area contributed by atoms with E-state index in [0.717, 1.165) is 0 Å². The molecule has 2 aliphatic rings. The van der Waals surface area contributed by atoms with E-state index in [0.29, 0.717) is 0 Å². The summed E-state index contributed by atoms with van der Waals surface area (Å²) in [6.07, 6.45) is -0.962. The number of hydrogen-bond donors (Lipinski definition) is 0. The summed E-state index contributed by atoms with van der Waals surface area (Å²) in [5.74, 6) is -0.624. The van der Waals surface area contributed by atoms with Gasteiger partial charge in [-0.1, -0.05) is 0 Å². The van der Waals surface area contributed by atoms with Crippen LogP contribution in [0.15, 0.2) is 0 Å². The van der Waals surface area contributed by atoms with Gasteiger partial charge in [0.1, 0.15) is 18.3 Å². The van der Waals surface area contributed by atoms with Crippen molar-refractivity contribution in [1.82, 2.24) is 0 Å². The molecule has 0 bridgehead atoms. The van der Waals surface area contributed by atoms with Gasteiger partial charge in [-0.15, -0.1) is 0 Å². The third-order valence-electron chi connectivity index (χ3n) is 3.29. The van der Waals surface area contributed by atoms with Gasteiger partial charge in [0.2, 0.25) is 0 Å². The van der Waals surface area contributed by atoms with Gasteiger partial charge in [-0.05, 0) is 40.4 Å². The van der Waals surface area contributed by atoms with E-state index >= 15 is 0 Å². The van der Waals surface area contributed by atoms with E-state index in [1.807, 2.05) is 20.8 Å². The van der Waals surface area contributed by atoms with Gasteiger partial charge in [0.15, 0.2) is 20.4 Å². The lowest BCUT2D eigenvalue weighted by atomic mass is 10.0. The van der Waals surface area contributed by atoms with Gasteiger partial charge in [-0.25, -0.2) is 0 Å². The molecule has 5 atom stereocenters. The number of fused-ring (bicyclic) bond motifs is 1. The monoisotopic (exact) mass is 290 g/mol. The van der Waals surface area contributed by atoms with E-state index in [2.05, 4.69) is 19.6 Å². The molecule has 0 aromatic heterocycles. The third kappa shape index (κ3) is 3.37. The molecule has 0 amide bonds. The third-order valence-corrected chi connectivity index (χ3v) is 4.27. The lowest BCUT2D eigenvalue weighted by Gasteiger charge is -2.42. The van der Waals surface area contributed by atoms with Crippen molar-refractivity contribution < 1.29 is 23.4 Å². The lowest BCUT2D eigenvalue weighted by Crippen LogP contribution is -2.58. The Balaban J connectivity index is 2.20. The summed E-state index contributed by atoms with van der Waals surface area (Å²) in [6, 6.07) is 0. The van der Waals surface area contributed by atoms with Gasteiger partial charge in [0, 0.05) is 7.11 Å². The maximum Gasteiger partial charge on any atom is 0.186 e. The van der Waals surface area contributed by atoms with Crippen molar-refractivity contribution in [1.29, 1.82) is 0 Å². The zero-order valence-corrected chi connectivity index (χ0v) is 13.9. The first-order valence-electron chi connectivity index (χ1n) is 6.85. The zero-order valence-electron chi connectivity index (χ0n) is 12.9. The van der Waals surface area contributed by atoms with Crippen LogP contribution in [0.4, 0.5) is 0 Å². The molecule has 2 rings (SSSR count). The molecule has 0 saturated carbocycles. The smallest absolute Gasteiger partial charge is 0.186 e. The fraction of sp³-hybridized carbons (Fsp3) is 1.00. The molecular weight excluding hydrogens is 264 g/mol. The fourth-order valence-corrected chi connectivity index (χ4v) is 3.82. The molecule has 0 aliphatic carbocycles. The highest BCUT2D eigenvalue weighted by molar-refractivity contribution is 6.69. The molecule has 0 aromatic carbocycles. The van der Waals surface area contributed by atoms with E-state index in [4.69, 9.17) is 23.4 Å². The van der Waals surface area contributed by atoms with Gasteiger partial charge in [-0.3, -0.25) is 0 Å². The molecule has 5 nitrogen and oxygen atoms in total. The molecule has 0 unspecified atom stereocenters. The number of rotatable bonds is 3. The van der Waals surface area contributed by atoms with Crippen LogP contribution >= 0.6 is 0 Å². The Hall–Kier alpha value is 0.0169. The van der Waals surface area contributed by atoms with Gasteiger partial charge < -0.3 is 23.4 Å². The normalized spacial score (nSPS) is 42.2. The standard InChI is InChI=1S/C13H26O5Si/c1-8-9(18-19(5,6)7)10-11(12(14-4)15-8)17-13(2,3)16-10/h8-12H,1-7H3/t8-,9-,10+,11+,12+/m0/s1. The summed E-state index contributed by atoms with van der Waals surface area (Å²) in [7, 11) is -0.0534. The quantitative estimate of drug-likeness (QED) is 0.745. The van der Waals surface area contributed by atoms with Crippen molar-refractivity contribution in [2.45, 2.75) is 76.9 Å². The predicted octanol–water partition coefficient (Wildman–Crippen LogP) is 2.12. The summed E-state index contributed by atoms with van der Waals surface area (Å²) in [5, 5.41) is 0. The Morgan fingerprint density at radius 3 is 2.16 bits per heavy atom. The van der Waals surface area contributed by atoms with Crippen molar-refractivity contribution in [3.05, 3.63) is 0 Å². The molecule has 0 aromatic rings. The summed E-state index contributed by atoms with van der Waals surface area (Å²) in [4.78, 5) is 0. The summed E-state index contributed by atoms with van der Waals surface area (Å²) in [6.45, 7) is 12.3. The van der Waals surface area contributed by atoms with Gasteiger partial charge in [0.05, 0.1) is 6.10 Å². The minimum absolute atomic E-state index is 0.0737. The molecule has 2 heterocycles. The SMILES string of the molecule is CO[C@@H]1O[C@@H](C)[C@H](O[Si](C)(C)C)[C@H]2OC(C)(C)O[C@@H]12. The minimum atomic E-state index is -1.68. The number of ether oxygens (including phenoxy) is 4. The van der Waals surface area contributed by atoms with Crippen LogP contribution in [0.3, 0.4) is 0 Å². The van der Waals surface area contributed by atoms with Crippen molar-refractivity contribution in [2.24, 2.45) is 0 Å². The largest absolute Gasteiger partial charge is 0.409 e. The van der Waals surface area contributed by atoms with Crippen LogP contribution in [-0.4, -0.2) is 51.9 Å².